The number of piperidine rings is 1. The van der Waals surface area contributed by atoms with Gasteiger partial charge in [0.2, 0.25) is 0 Å². The number of carbonyl (C=O) groups is 1. The highest BCUT2D eigenvalue weighted by molar-refractivity contribution is 5.95. The number of carbonyl (C=O) groups excluding carboxylic acids is 1. The van der Waals surface area contributed by atoms with Gasteiger partial charge in [0.05, 0.1) is 5.69 Å². The van der Waals surface area contributed by atoms with E-state index in [2.05, 4.69) is 17.2 Å². The number of fused-ring (bicyclic) bond motifs is 1. The first-order valence-corrected chi connectivity index (χ1v) is 14.5. The van der Waals surface area contributed by atoms with Gasteiger partial charge in [-0.3, -0.25) is 14.2 Å². The summed E-state index contributed by atoms with van der Waals surface area (Å²) >= 11 is 0. The second kappa shape index (κ2) is 10.1. The average molecular weight is 555 g/mol. The molecule has 6 rings (SSSR count). The van der Waals surface area contributed by atoms with Crippen molar-refractivity contribution in [1.29, 1.82) is 0 Å². The molecule has 4 fully saturated rings. The number of nitrogens with one attached hydrogen (secondary N) is 1. The SMILES string of the molecule is C/C(=N\c1c(C)c(=O)c(C(=O)N[C@@]2(C)CC3CC4C[C@@H](CC43)C2)cn1-c1ccc(F)cc1F)N1CCC(F)CC1. The molecular formula is C31H37F3N4O2. The predicted molar refractivity (Wildman–Crippen MR) is 148 cm³/mol. The first-order chi connectivity index (χ1) is 19.0. The maximum absolute atomic E-state index is 15.1. The topological polar surface area (TPSA) is 66.7 Å². The first-order valence-electron chi connectivity index (χ1n) is 14.5. The summed E-state index contributed by atoms with van der Waals surface area (Å²) in [5.74, 6) is 1.45. The van der Waals surface area contributed by atoms with Crippen LogP contribution in [0.3, 0.4) is 0 Å². The zero-order valence-corrected chi connectivity index (χ0v) is 23.4. The van der Waals surface area contributed by atoms with Gasteiger partial charge in [-0.25, -0.2) is 18.2 Å². The number of amidine groups is 1. The molecule has 9 heteroatoms. The molecule has 3 saturated carbocycles. The quantitative estimate of drug-likeness (QED) is 0.381. The summed E-state index contributed by atoms with van der Waals surface area (Å²) in [5, 5.41) is 3.19. The molecule has 1 aromatic carbocycles. The summed E-state index contributed by atoms with van der Waals surface area (Å²) in [5.41, 5.74) is -0.838. The van der Waals surface area contributed by atoms with Crippen LogP contribution in [0.15, 0.2) is 34.2 Å². The normalized spacial score (nSPS) is 30.1. The van der Waals surface area contributed by atoms with Crippen LogP contribution in [-0.4, -0.2) is 46.0 Å². The molecule has 214 valence electrons. The largest absolute Gasteiger partial charge is 0.360 e. The molecule has 2 heterocycles. The number of rotatable bonds is 4. The Morgan fingerprint density at radius 1 is 1.10 bits per heavy atom. The molecule has 0 spiro atoms. The molecule has 6 nitrogen and oxygen atoms in total. The highest BCUT2D eigenvalue weighted by Crippen LogP contribution is 2.60. The number of nitrogens with zero attached hydrogens (tertiary/aromatic N) is 3. The van der Waals surface area contributed by atoms with Crippen molar-refractivity contribution in [3.05, 3.63) is 57.4 Å². The van der Waals surface area contributed by atoms with Gasteiger partial charge in [-0.05, 0) is 102 Å². The summed E-state index contributed by atoms with van der Waals surface area (Å²) < 4.78 is 44.0. The molecular weight excluding hydrogens is 517 g/mol. The third kappa shape index (κ3) is 4.85. The van der Waals surface area contributed by atoms with Gasteiger partial charge in [-0.2, -0.15) is 0 Å². The van der Waals surface area contributed by atoms with E-state index in [0.29, 0.717) is 43.6 Å². The van der Waals surface area contributed by atoms with E-state index in [1.54, 1.807) is 13.8 Å². The first kappa shape index (κ1) is 27.1. The van der Waals surface area contributed by atoms with Gasteiger partial charge in [-0.15, -0.1) is 0 Å². The van der Waals surface area contributed by atoms with E-state index in [9.17, 15) is 18.4 Å². The number of alkyl halides is 1. The van der Waals surface area contributed by atoms with Crippen LogP contribution < -0.4 is 10.7 Å². The number of aromatic nitrogens is 1. The van der Waals surface area contributed by atoms with Crippen LogP contribution in [0.4, 0.5) is 19.0 Å². The van der Waals surface area contributed by atoms with Crippen molar-refractivity contribution in [3.63, 3.8) is 0 Å². The van der Waals surface area contributed by atoms with Crippen LogP contribution in [0.2, 0.25) is 0 Å². The lowest BCUT2D eigenvalue weighted by Gasteiger charge is -2.46. The van der Waals surface area contributed by atoms with E-state index in [0.717, 1.165) is 36.8 Å². The number of benzene rings is 1. The van der Waals surface area contributed by atoms with Gasteiger partial charge >= 0.3 is 0 Å². The molecule has 0 radical (unpaired) electrons. The van der Waals surface area contributed by atoms with E-state index in [1.807, 2.05) is 4.90 Å². The molecule has 1 amide bonds. The molecule has 3 unspecified atom stereocenters. The average Bonchev–Trinajstić information content (AvgIpc) is 3.15. The van der Waals surface area contributed by atoms with Gasteiger partial charge in [-0.1, -0.05) is 0 Å². The zero-order chi connectivity index (χ0) is 28.3. The van der Waals surface area contributed by atoms with Crippen molar-refractivity contribution < 1.29 is 18.0 Å². The molecule has 1 aliphatic heterocycles. The maximum atomic E-state index is 15.1. The summed E-state index contributed by atoms with van der Waals surface area (Å²) in [6, 6.07) is 3.17. The lowest BCUT2D eigenvalue weighted by atomic mass is 9.62. The molecule has 1 aromatic heterocycles. The standard InChI is InChI=1S/C31H37F3N4O2/c1-17-28(39)25(30(40)36-31(3)14-19-10-20-12-21(15-31)24(20)11-19)16-38(27-5-4-23(33)13-26(27)34)29(17)35-18(2)37-8-6-22(32)7-9-37/h4-5,13,16,19-22,24H,6-12,14-15H2,1-3H3,(H,36,40)/b35-18+/t19-,20?,21?,24?,31+/m0/s1. The van der Waals surface area contributed by atoms with Gasteiger partial charge in [0.25, 0.3) is 5.91 Å². The molecule has 2 bridgehead atoms. The van der Waals surface area contributed by atoms with Crippen LogP contribution >= 0.6 is 0 Å². The molecule has 2 aromatic rings. The summed E-state index contributed by atoms with van der Waals surface area (Å²) in [6.45, 7) is 6.37. The number of hydrogen-bond donors (Lipinski definition) is 1. The van der Waals surface area contributed by atoms with Crippen molar-refractivity contribution in [3.8, 4) is 5.69 Å². The number of likely N-dealkylation sites (tertiary alicyclic amines) is 1. The second-order valence-electron chi connectivity index (χ2n) is 12.8. The lowest BCUT2D eigenvalue weighted by molar-refractivity contribution is 0.0570. The minimum absolute atomic E-state index is 0.0222. The van der Waals surface area contributed by atoms with Gasteiger partial charge in [0, 0.05) is 36.5 Å². The van der Waals surface area contributed by atoms with Crippen molar-refractivity contribution in [2.45, 2.75) is 77.4 Å². The summed E-state index contributed by atoms with van der Waals surface area (Å²) in [4.78, 5) is 33.9. The van der Waals surface area contributed by atoms with Crippen LogP contribution in [0.1, 0.15) is 74.7 Å². The molecule has 3 aliphatic carbocycles. The Bertz CT molecular complexity index is 1420. The second-order valence-corrected chi connectivity index (χ2v) is 12.8. The lowest BCUT2D eigenvalue weighted by Crippen LogP contribution is -2.51. The van der Waals surface area contributed by atoms with E-state index in [-0.39, 0.29) is 22.6 Å². The van der Waals surface area contributed by atoms with E-state index >= 15 is 4.39 Å². The summed E-state index contributed by atoms with van der Waals surface area (Å²) in [6.07, 6.45) is 6.68. The van der Waals surface area contributed by atoms with Crippen LogP contribution in [0.5, 0.6) is 0 Å². The fourth-order valence-corrected chi connectivity index (χ4v) is 7.93. The Hall–Kier alpha value is -3.10. The minimum atomic E-state index is -0.855. The molecule has 4 aliphatic rings. The van der Waals surface area contributed by atoms with Crippen LogP contribution in [0, 0.1) is 42.2 Å². The van der Waals surface area contributed by atoms with Crippen molar-refractivity contribution in [2.75, 3.05) is 13.1 Å². The monoisotopic (exact) mass is 554 g/mol. The van der Waals surface area contributed by atoms with Crippen LogP contribution in [0.25, 0.3) is 5.69 Å². The highest BCUT2D eigenvalue weighted by Gasteiger charge is 2.53. The van der Waals surface area contributed by atoms with Gasteiger partial charge in [0.1, 0.15) is 35.0 Å². The van der Waals surface area contributed by atoms with Crippen molar-refractivity contribution in [2.24, 2.45) is 28.7 Å². The zero-order valence-electron chi connectivity index (χ0n) is 23.4. The predicted octanol–water partition coefficient (Wildman–Crippen LogP) is 5.85. The number of halogens is 3. The Balaban J connectivity index is 1.38. The van der Waals surface area contributed by atoms with E-state index in [4.69, 9.17) is 0 Å². The van der Waals surface area contributed by atoms with Crippen molar-refractivity contribution in [1.82, 2.24) is 14.8 Å². The van der Waals surface area contributed by atoms with Crippen molar-refractivity contribution >= 4 is 17.6 Å². The molecule has 5 atom stereocenters. The fourth-order valence-electron chi connectivity index (χ4n) is 7.93. The van der Waals surface area contributed by atoms with Gasteiger partial charge in [0.15, 0.2) is 5.43 Å². The third-order valence-corrected chi connectivity index (χ3v) is 9.90. The maximum Gasteiger partial charge on any atom is 0.257 e. The highest BCUT2D eigenvalue weighted by atomic mass is 19.1. The number of pyridine rings is 1. The third-order valence-electron chi connectivity index (χ3n) is 9.90. The molecule has 1 saturated heterocycles. The Morgan fingerprint density at radius 2 is 1.85 bits per heavy atom. The number of aliphatic imine (C=N–C) groups is 1. The minimum Gasteiger partial charge on any atom is -0.360 e. The number of hydrogen-bond acceptors (Lipinski definition) is 3. The fraction of sp³-hybridized carbons (Fsp3) is 0.581. The smallest absolute Gasteiger partial charge is 0.257 e. The van der Waals surface area contributed by atoms with Crippen LogP contribution in [-0.2, 0) is 0 Å². The molecule has 1 N–H and O–H groups in total. The number of amides is 1. The van der Waals surface area contributed by atoms with E-state index < -0.39 is 34.7 Å². The Morgan fingerprint density at radius 3 is 2.58 bits per heavy atom. The molecule has 40 heavy (non-hydrogen) atoms. The Kier molecular flexibility index (Phi) is 6.82. The Labute approximate surface area is 232 Å². The van der Waals surface area contributed by atoms with Gasteiger partial charge < -0.3 is 10.2 Å². The summed E-state index contributed by atoms with van der Waals surface area (Å²) in [7, 11) is 0. The van der Waals surface area contributed by atoms with E-state index in [1.165, 1.54) is 36.1 Å².